The molecule has 0 aliphatic carbocycles. The highest BCUT2D eigenvalue weighted by Crippen LogP contribution is 2.13. The first-order chi connectivity index (χ1) is 7.63. The summed E-state index contributed by atoms with van der Waals surface area (Å²) in [5.74, 6) is 0. The fraction of sp³-hybridized carbons (Fsp3) is 0.727. The third-order valence-corrected chi connectivity index (χ3v) is 5.11. The van der Waals surface area contributed by atoms with Crippen LogP contribution >= 0.6 is 0 Å². The first kappa shape index (κ1) is 14.2. The first-order valence-electron chi connectivity index (χ1n) is 5.53. The van der Waals surface area contributed by atoms with Crippen LogP contribution in [0.25, 0.3) is 0 Å². The molecule has 0 aliphatic heterocycles. The van der Waals surface area contributed by atoms with Crippen molar-refractivity contribution in [3.63, 3.8) is 0 Å². The Hall–Kier alpha value is -0.880. The number of hydrogen-bond acceptors (Lipinski definition) is 4. The molecule has 1 aromatic rings. The fourth-order valence-electron chi connectivity index (χ4n) is 1.45. The zero-order valence-electron chi connectivity index (χ0n) is 11.1. The average molecular weight is 259 g/mol. The topological polar surface area (TPSA) is 64.0 Å². The van der Waals surface area contributed by atoms with Gasteiger partial charge in [0.2, 0.25) is 0 Å². The van der Waals surface area contributed by atoms with Crippen LogP contribution in [-0.2, 0) is 23.4 Å². The zero-order valence-corrected chi connectivity index (χ0v) is 11.9. The second-order valence-electron chi connectivity index (χ2n) is 5.04. The summed E-state index contributed by atoms with van der Waals surface area (Å²) in [5, 5.41) is 7.40. The fourth-order valence-corrected chi connectivity index (χ4v) is 1.82. The molecule has 98 valence electrons. The molecule has 0 saturated heterocycles. The van der Waals surface area contributed by atoms with Crippen molar-refractivity contribution in [3.8, 4) is 0 Å². The predicted octanol–water partition coefficient (Wildman–Crippen LogP) is 0.641. The maximum absolute atomic E-state index is 11.5. The second kappa shape index (κ2) is 4.78. The van der Waals surface area contributed by atoms with E-state index in [0.29, 0.717) is 13.1 Å². The Labute approximate surface area is 103 Å². The van der Waals surface area contributed by atoms with Gasteiger partial charge in [-0.15, -0.1) is 0 Å². The molecule has 1 N–H and O–H groups in total. The van der Waals surface area contributed by atoms with Crippen molar-refractivity contribution in [2.45, 2.75) is 32.1 Å². The van der Waals surface area contributed by atoms with E-state index in [0.717, 1.165) is 11.4 Å². The number of nitrogens with zero attached hydrogens (tertiary/aromatic N) is 2. The lowest BCUT2D eigenvalue weighted by atomic mass is 10.2. The summed E-state index contributed by atoms with van der Waals surface area (Å²) in [6, 6.07) is 1.99. The molecule has 0 saturated carbocycles. The third-order valence-electron chi connectivity index (χ3n) is 2.96. The van der Waals surface area contributed by atoms with Crippen molar-refractivity contribution >= 4 is 9.84 Å². The average Bonchev–Trinajstić information content (AvgIpc) is 2.43. The zero-order chi connectivity index (χ0) is 13.3. The molecule has 6 heteroatoms. The molecule has 0 atom stereocenters. The normalized spacial score (nSPS) is 13.0. The van der Waals surface area contributed by atoms with Crippen LogP contribution in [0.15, 0.2) is 6.07 Å². The molecule has 0 aliphatic rings. The molecule has 0 unspecified atom stereocenters. The molecule has 1 aromatic heterocycles. The largest absolute Gasteiger partial charge is 0.310 e. The van der Waals surface area contributed by atoms with Crippen molar-refractivity contribution in [2.24, 2.45) is 7.05 Å². The van der Waals surface area contributed by atoms with Crippen molar-refractivity contribution < 1.29 is 8.42 Å². The molecule has 0 fully saturated rings. The van der Waals surface area contributed by atoms with Crippen LogP contribution in [0.2, 0.25) is 0 Å². The van der Waals surface area contributed by atoms with Crippen LogP contribution in [0.3, 0.4) is 0 Å². The van der Waals surface area contributed by atoms with Crippen LogP contribution in [0.4, 0.5) is 0 Å². The van der Waals surface area contributed by atoms with E-state index in [-0.39, 0.29) is 0 Å². The summed E-state index contributed by atoms with van der Waals surface area (Å²) < 4.78 is 24.1. The van der Waals surface area contributed by atoms with Gasteiger partial charge < -0.3 is 5.32 Å². The Kier molecular flexibility index (Phi) is 3.99. The maximum Gasteiger partial charge on any atom is 0.153 e. The van der Waals surface area contributed by atoms with Gasteiger partial charge in [-0.2, -0.15) is 5.10 Å². The second-order valence-corrected chi connectivity index (χ2v) is 7.69. The van der Waals surface area contributed by atoms with Gasteiger partial charge >= 0.3 is 0 Å². The van der Waals surface area contributed by atoms with Gasteiger partial charge in [0, 0.05) is 26.4 Å². The predicted molar refractivity (Wildman–Crippen MR) is 68.6 cm³/mol. The minimum absolute atomic E-state index is 0.427. The molecule has 17 heavy (non-hydrogen) atoms. The first-order valence-corrected chi connectivity index (χ1v) is 7.42. The minimum atomic E-state index is -3.05. The van der Waals surface area contributed by atoms with Crippen molar-refractivity contribution in [2.75, 3.05) is 12.8 Å². The Bertz CT molecular complexity index is 489. The Morgan fingerprint density at radius 1 is 1.47 bits per heavy atom. The molecule has 0 aromatic carbocycles. The summed E-state index contributed by atoms with van der Waals surface area (Å²) in [7, 11) is -1.17. The summed E-state index contributed by atoms with van der Waals surface area (Å²) in [6.07, 6.45) is 1.27. The van der Waals surface area contributed by atoms with E-state index in [4.69, 9.17) is 0 Å². The van der Waals surface area contributed by atoms with E-state index in [1.54, 1.807) is 18.5 Å². The summed E-state index contributed by atoms with van der Waals surface area (Å²) in [4.78, 5) is 0. The van der Waals surface area contributed by atoms with Crippen LogP contribution in [0, 0.1) is 6.92 Å². The number of nitrogens with one attached hydrogen (secondary N) is 1. The molecule has 1 heterocycles. The van der Waals surface area contributed by atoms with Crippen molar-refractivity contribution in [1.82, 2.24) is 15.1 Å². The van der Waals surface area contributed by atoms with Gasteiger partial charge in [0.05, 0.1) is 16.1 Å². The van der Waals surface area contributed by atoms with E-state index in [2.05, 4.69) is 10.4 Å². The maximum atomic E-state index is 11.5. The molecular weight excluding hydrogens is 238 g/mol. The highest BCUT2D eigenvalue weighted by molar-refractivity contribution is 7.92. The standard InChI is InChI=1S/C11H21N3O2S/c1-9-6-10(14(4)13-9)7-12-8-11(2,3)17(5,15)16/h6,12H,7-8H2,1-5H3. The van der Waals surface area contributed by atoms with E-state index < -0.39 is 14.6 Å². The van der Waals surface area contributed by atoms with Crippen molar-refractivity contribution in [3.05, 3.63) is 17.5 Å². The smallest absolute Gasteiger partial charge is 0.153 e. The Morgan fingerprint density at radius 2 is 2.06 bits per heavy atom. The van der Waals surface area contributed by atoms with Crippen LogP contribution in [0.1, 0.15) is 25.2 Å². The summed E-state index contributed by atoms with van der Waals surface area (Å²) in [6.45, 7) is 6.43. The van der Waals surface area contributed by atoms with Crippen molar-refractivity contribution in [1.29, 1.82) is 0 Å². The van der Waals surface area contributed by atoms with Crippen LogP contribution in [0.5, 0.6) is 0 Å². The molecular formula is C11H21N3O2S. The lowest BCUT2D eigenvalue weighted by Crippen LogP contribution is -2.41. The van der Waals surface area contributed by atoms with Gasteiger partial charge in [0.1, 0.15) is 0 Å². The number of aromatic nitrogens is 2. The van der Waals surface area contributed by atoms with Gasteiger partial charge in [-0.05, 0) is 26.8 Å². The highest BCUT2D eigenvalue weighted by atomic mass is 32.2. The number of rotatable bonds is 5. The SMILES string of the molecule is Cc1cc(CNCC(C)(C)S(C)(=O)=O)n(C)n1. The molecule has 1 rings (SSSR count). The molecule has 0 radical (unpaired) electrons. The van der Waals surface area contributed by atoms with Gasteiger partial charge in [0.15, 0.2) is 9.84 Å². The number of aryl methyl sites for hydroxylation is 2. The molecule has 5 nitrogen and oxygen atoms in total. The quantitative estimate of drug-likeness (QED) is 0.843. The number of hydrogen-bond donors (Lipinski definition) is 1. The van der Waals surface area contributed by atoms with E-state index in [1.807, 2.05) is 20.0 Å². The van der Waals surface area contributed by atoms with E-state index in [9.17, 15) is 8.42 Å². The lowest BCUT2D eigenvalue weighted by Gasteiger charge is -2.22. The van der Waals surface area contributed by atoms with Gasteiger partial charge in [-0.25, -0.2) is 8.42 Å². The Morgan fingerprint density at radius 3 is 2.47 bits per heavy atom. The van der Waals surface area contributed by atoms with Gasteiger partial charge in [0.25, 0.3) is 0 Å². The summed E-state index contributed by atoms with van der Waals surface area (Å²) >= 11 is 0. The van der Waals surface area contributed by atoms with E-state index in [1.165, 1.54) is 6.26 Å². The van der Waals surface area contributed by atoms with Crippen LogP contribution < -0.4 is 5.32 Å². The molecule has 0 spiro atoms. The van der Waals surface area contributed by atoms with Gasteiger partial charge in [-0.3, -0.25) is 4.68 Å². The van der Waals surface area contributed by atoms with Gasteiger partial charge in [-0.1, -0.05) is 0 Å². The lowest BCUT2D eigenvalue weighted by molar-refractivity contribution is 0.514. The molecule has 0 amide bonds. The monoisotopic (exact) mass is 259 g/mol. The van der Waals surface area contributed by atoms with E-state index >= 15 is 0 Å². The molecule has 0 bridgehead atoms. The highest BCUT2D eigenvalue weighted by Gasteiger charge is 2.29. The van der Waals surface area contributed by atoms with Crippen LogP contribution in [-0.4, -0.2) is 35.7 Å². The minimum Gasteiger partial charge on any atom is -0.310 e. The summed E-state index contributed by atoms with van der Waals surface area (Å²) in [5.41, 5.74) is 2.01. The third kappa shape index (κ3) is 3.54. The Balaban J connectivity index is 2.57. The number of sulfone groups is 1.